The van der Waals surface area contributed by atoms with Crippen molar-refractivity contribution < 1.29 is 12.9 Å². The number of hydrogen-bond donors (Lipinski definition) is 1. The quantitative estimate of drug-likeness (QED) is 0.526. The van der Waals surface area contributed by atoms with Gasteiger partial charge < -0.3 is 4.52 Å². The molecule has 2 aromatic carbocycles. The first-order valence-electron chi connectivity index (χ1n) is 8.15. The van der Waals surface area contributed by atoms with Crippen molar-refractivity contribution in [1.82, 2.24) is 15.1 Å². The van der Waals surface area contributed by atoms with Crippen LogP contribution in [0, 0.1) is 0 Å². The Balaban J connectivity index is 1.53. The molecule has 0 aliphatic rings. The van der Waals surface area contributed by atoms with Crippen molar-refractivity contribution in [3.05, 3.63) is 77.9 Å². The number of nitrogens with zero attached hydrogens (tertiary/aromatic N) is 3. The molecule has 0 bridgehead atoms. The predicted molar refractivity (Wildman–Crippen MR) is 105 cm³/mol. The minimum absolute atomic E-state index is 0.124. The molecule has 1 N–H and O–H groups in total. The molecule has 4 aromatic rings. The van der Waals surface area contributed by atoms with E-state index in [1.807, 2.05) is 6.07 Å². The van der Waals surface area contributed by atoms with Crippen molar-refractivity contribution >= 4 is 27.3 Å². The number of pyridine rings is 1. The topological polar surface area (TPSA) is 98.0 Å². The van der Waals surface area contributed by atoms with Crippen LogP contribution in [0.1, 0.15) is 0 Å². The van der Waals surface area contributed by atoms with Gasteiger partial charge in [0.1, 0.15) is 5.69 Å². The van der Waals surface area contributed by atoms with Gasteiger partial charge in [0, 0.05) is 22.5 Å². The zero-order valence-corrected chi connectivity index (χ0v) is 15.9. The third-order valence-electron chi connectivity index (χ3n) is 3.83. The van der Waals surface area contributed by atoms with Crippen LogP contribution >= 0.6 is 11.6 Å². The molecular formula is C19H13ClN4O3S. The number of anilines is 1. The second-order valence-electron chi connectivity index (χ2n) is 5.77. The summed E-state index contributed by atoms with van der Waals surface area (Å²) in [6.07, 6.45) is 1.64. The summed E-state index contributed by atoms with van der Waals surface area (Å²) in [5.41, 5.74) is 1.67. The van der Waals surface area contributed by atoms with Gasteiger partial charge in [-0.15, -0.1) is 0 Å². The molecule has 0 unspecified atom stereocenters. The summed E-state index contributed by atoms with van der Waals surface area (Å²) < 4.78 is 32.6. The molecule has 4 rings (SSSR count). The lowest BCUT2D eigenvalue weighted by molar-refractivity contribution is 0.431. The Bertz CT molecular complexity index is 1190. The zero-order valence-electron chi connectivity index (χ0n) is 14.3. The molecule has 28 heavy (non-hydrogen) atoms. The highest BCUT2D eigenvalue weighted by molar-refractivity contribution is 7.92. The van der Waals surface area contributed by atoms with Gasteiger partial charge in [-0.1, -0.05) is 22.8 Å². The molecule has 0 saturated heterocycles. The van der Waals surface area contributed by atoms with E-state index < -0.39 is 10.0 Å². The van der Waals surface area contributed by atoms with Crippen molar-refractivity contribution in [2.45, 2.75) is 4.90 Å². The molecule has 2 heterocycles. The summed E-state index contributed by atoms with van der Waals surface area (Å²) in [6, 6.07) is 18.0. The van der Waals surface area contributed by atoms with Gasteiger partial charge in [-0.25, -0.2) is 8.42 Å². The maximum atomic E-state index is 12.4. The Morgan fingerprint density at radius 1 is 0.929 bits per heavy atom. The number of rotatable bonds is 5. The molecule has 2 aromatic heterocycles. The maximum Gasteiger partial charge on any atom is 0.276 e. The number of halogens is 1. The summed E-state index contributed by atoms with van der Waals surface area (Å²) in [5, 5.41) is 4.41. The van der Waals surface area contributed by atoms with Gasteiger partial charge in [0.15, 0.2) is 0 Å². The Morgan fingerprint density at radius 3 is 2.36 bits per heavy atom. The number of nitrogens with one attached hydrogen (secondary N) is 1. The molecule has 0 radical (unpaired) electrons. The smallest absolute Gasteiger partial charge is 0.276 e. The monoisotopic (exact) mass is 412 g/mol. The molecule has 140 valence electrons. The van der Waals surface area contributed by atoms with Crippen LogP contribution in [0.15, 0.2) is 82.3 Å². The highest BCUT2D eigenvalue weighted by Gasteiger charge is 2.15. The highest BCUT2D eigenvalue weighted by Crippen LogP contribution is 2.23. The number of sulfonamides is 1. The van der Waals surface area contributed by atoms with Gasteiger partial charge in [-0.05, 0) is 60.7 Å². The van der Waals surface area contributed by atoms with Crippen LogP contribution in [0.25, 0.3) is 23.0 Å². The molecule has 0 fully saturated rings. The first kappa shape index (κ1) is 18.1. The van der Waals surface area contributed by atoms with Crippen molar-refractivity contribution in [2.75, 3.05) is 4.72 Å². The number of hydrogen-bond acceptors (Lipinski definition) is 6. The molecule has 0 aliphatic heterocycles. The van der Waals surface area contributed by atoms with E-state index in [0.717, 1.165) is 0 Å². The van der Waals surface area contributed by atoms with Crippen LogP contribution in [0.4, 0.5) is 5.69 Å². The average Bonchev–Trinajstić information content (AvgIpc) is 3.19. The van der Waals surface area contributed by atoms with Crippen LogP contribution in [0.2, 0.25) is 5.02 Å². The van der Waals surface area contributed by atoms with Gasteiger partial charge >= 0.3 is 0 Å². The van der Waals surface area contributed by atoms with E-state index in [1.165, 1.54) is 24.3 Å². The highest BCUT2D eigenvalue weighted by atomic mass is 35.5. The second-order valence-corrected chi connectivity index (χ2v) is 7.89. The lowest BCUT2D eigenvalue weighted by atomic mass is 10.2. The lowest BCUT2D eigenvalue weighted by Gasteiger charge is -2.08. The predicted octanol–water partition coefficient (Wildman–Crippen LogP) is 4.25. The standard InChI is InChI=1S/C19H13ClN4O3S/c20-14-6-10-16(11-7-14)28(25,26)24-15-8-4-13(5-9-15)18-22-19(27-23-18)17-3-1-2-12-21-17/h1-12,24H. The van der Waals surface area contributed by atoms with Gasteiger partial charge in [0.05, 0.1) is 4.90 Å². The van der Waals surface area contributed by atoms with Crippen LogP contribution in [-0.4, -0.2) is 23.5 Å². The molecule has 0 aliphatic carbocycles. The summed E-state index contributed by atoms with van der Waals surface area (Å²) in [6.45, 7) is 0. The van der Waals surface area contributed by atoms with E-state index in [1.54, 1.807) is 42.6 Å². The Labute approximate surface area is 166 Å². The minimum atomic E-state index is -3.71. The fourth-order valence-electron chi connectivity index (χ4n) is 2.45. The Hall–Kier alpha value is -3.23. The second kappa shape index (κ2) is 7.41. The van der Waals surface area contributed by atoms with Crippen molar-refractivity contribution in [3.8, 4) is 23.0 Å². The molecule has 0 spiro atoms. The zero-order chi connectivity index (χ0) is 19.6. The van der Waals surface area contributed by atoms with Crippen LogP contribution in [-0.2, 0) is 10.0 Å². The maximum absolute atomic E-state index is 12.4. The van der Waals surface area contributed by atoms with Gasteiger partial charge in [-0.2, -0.15) is 4.98 Å². The van der Waals surface area contributed by atoms with Gasteiger partial charge in [0.2, 0.25) is 5.82 Å². The summed E-state index contributed by atoms with van der Waals surface area (Å²) in [5.74, 6) is 0.691. The van der Waals surface area contributed by atoms with E-state index in [9.17, 15) is 8.42 Å². The van der Waals surface area contributed by atoms with Crippen LogP contribution < -0.4 is 4.72 Å². The normalized spacial score (nSPS) is 11.3. The van der Waals surface area contributed by atoms with Gasteiger partial charge in [-0.3, -0.25) is 9.71 Å². The fraction of sp³-hybridized carbons (Fsp3) is 0. The SMILES string of the molecule is O=S(=O)(Nc1ccc(-c2noc(-c3ccccn3)n2)cc1)c1ccc(Cl)cc1. The molecule has 0 atom stereocenters. The van der Waals surface area contributed by atoms with Gasteiger partial charge in [0.25, 0.3) is 15.9 Å². The van der Waals surface area contributed by atoms with Crippen molar-refractivity contribution in [1.29, 1.82) is 0 Å². The Kier molecular flexibility index (Phi) is 4.81. The molecule has 0 saturated carbocycles. The summed E-state index contributed by atoms with van der Waals surface area (Å²) >= 11 is 5.80. The first-order valence-corrected chi connectivity index (χ1v) is 10.0. The van der Waals surface area contributed by atoms with E-state index in [4.69, 9.17) is 16.1 Å². The Morgan fingerprint density at radius 2 is 1.68 bits per heavy atom. The summed E-state index contributed by atoms with van der Waals surface area (Å²) in [4.78, 5) is 8.61. The first-order chi connectivity index (χ1) is 13.5. The molecule has 0 amide bonds. The fourth-order valence-corrected chi connectivity index (χ4v) is 3.63. The van der Waals surface area contributed by atoms with E-state index in [2.05, 4.69) is 19.8 Å². The summed E-state index contributed by atoms with van der Waals surface area (Å²) in [7, 11) is -3.71. The molecule has 7 nitrogen and oxygen atoms in total. The van der Waals surface area contributed by atoms with E-state index in [0.29, 0.717) is 33.7 Å². The van der Waals surface area contributed by atoms with Crippen molar-refractivity contribution in [3.63, 3.8) is 0 Å². The lowest BCUT2D eigenvalue weighted by Crippen LogP contribution is -2.12. The third-order valence-corrected chi connectivity index (χ3v) is 5.48. The number of benzene rings is 2. The third kappa shape index (κ3) is 3.88. The molecule has 9 heteroatoms. The van der Waals surface area contributed by atoms with Crippen LogP contribution in [0.5, 0.6) is 0 Å². The number of aromatic nitrogens is 3. The van der Waals surface area contributed by atoms with Crippen molar-refractivity contribution in [2.24, 2.45) is 0 Å². The van der Waals surface area contributed by atoms with E-state index >= 15 is 0 Å². The largest absolute Gasteiger partial charge is 0.332 e. The molecular weight excluding hydrogens is 400 g/mol. The average molecular weight is 413 g/mol. The van der Waals surface area contributed by atoms with Crippen LogP contribution in [0.3, 0.4) is 0 Å². The minimum Gasteiger partial charge on any atom is -0.332 e. The van der Waals surface area contributed by atoms with E-state index in [-0.39, 0.29) is 4.90 Å².